The number of hydrogen-bond donors (Lipinski definition) is 0. The zero-order chi connectivity index (χ0) is 55.0. The molecule has 0 saturated carbocycles. The first kappa shape index (κ1) is 49.3. The second-order valence-corrected chi connectivity index (χ2v) is 23.7. The molecule has 0 unspecified atom stereocenters. The highest BCUT2D eigenvalue weighted by Crippen LogP contribution is 2.58. The molecule has 0 aliphatic carbocycles. The fourth-order valence-electron chi connectivity index (χ4n) is 13.1. The van der Waals surface area contributed by atoms with Gasteiger partial charge in [0.05, 0.1) is 38.5 Å². The summed E-state index contributed by atoms with van der Waals surface area (Å²) in [6.07, 6.45) is 0.527. The van der Waals surface area contributed by atoms with E-state index in [1.54, 1.807) is 65.8 Å². The van der Waals surface area contributed by atoms with Gasteiger partial charge in [0.2, 0.25) is 11.6 Å². The monoisotopic (exact) mass is 1050 g/mol. The van der Waals surface area contributed by atoms with Crippen molar-refractivity contribution >= 4 is 61.2 Å². The van der Waals surface area contributed by atoms with E-state index in [-0.39, 0.29) is 40.1 Å². The topological polar surface area (TPSA) is 182 Å². The number of ether oxygens (including phenoxy) is 4. The molecule has 2 fully saturated rings. The Morgan fingerprint density at radius 2 is 1.00 bits per heavy atom. The summed E-state index contributed by atoms with van der Waals surface area (Å²) in [6, 6.07) is 24.7. The predicted octanol–water partition coefficient (Wildman–Crippen LogP) is 9.02. The van der Waals surface area contributed by atoms with Crippen molar-refractivity contribution in [3.63, 3.8) is 0 Å². The molecule has 6 aromatic carbocycles. The highest BCUT2D eigenvalue weighted by Gasteiger charge is 2.48. The summed E-state index contributed by atoms with van der Waals surface area (Å²) in [7, 11) is 0. The van der Waals surface area contributed by atoms with Gasteiger partial charge in [-0.1, -0.05) is 24.3 Å². The molecule has 0 spiro atoms. The van der Waals surface area contributed by atoms with Crippen molar-refractivity contribution in [1.29, 1.82) is 0 Å². The van der Waals surface area contributed by atoms with Crippen LogP contribution in [0.3, 0.4) is 0 Å². The van der Waals surface area contributed by atoms with Crippen molar-refractivity contribution in [2.75, 3.05) is 40.9 Å². The molecule has 13 rings (SSSR count). The highest BCUT2D eigenvalue weighted by molar-refractivity contribution is 6.36. The minimum absolute atomic E-state index is 0.0159. The summed E-state index contributed by atoms with van der Waals surface area (Å²) in [4.78, 5) is 91.6. The van der Waals surface area contributed by atoms with Crippen molar-refractivity contribution in [2.45, 2.75) is 111 Å². The number of anilines is 3. The number of aryl methyl sites for hydroxylation is 2. The van der Waals surface area contributed by atoms with Crippen molar-refractivity contribution in [1.82, 2.24) is 14.2 Å². The number of benzene rings is 6. The number of fused-ring (bicyclic) bond motifs is 4. The zero-order valence-corrected chi connectivity index (χ0v) is 45.1. The smallest absolute Gasteiger partial charge is 0.266 e. The molecule has 5 aliphatic rings. The molecule has 1 radical (unpaired) electrons. The minimum Gasteiger partial charge on any atom is -0.449 e. The Morgan fingerprint density at radius 1 is 0.500 bits per heavy atom. The number of imide groups is 1. The van der Waals surface area contributed by atoms with E-state index in [1.165, 1.54) is 16.7 Å². The number of carbonyl (C=O) groups is 2. The van der Waals surface area contributed by atoms with Crippen LogP contribution in [0.2, 0.25) is 0 Å². The van der Waals surface area contributed by atoms with E-state index >= 15 is 0 Å². The number of aromatic nitrogens is 2. The Bertz CT molecular complexity index is 4050. The summed E-state index contributed by atoms with van der Waals surface area (Å²) < 4.78 is 27.0. The van der Waals surface area contributed by atoms with Gasteiger partial charge >= 0.3 is 0 Å². The summed E-state index contributed by atoms with van der Waals surface area (Å²) in [5, 5.41) is 15.5. The SMILES string of the molecule is Cc1cc(-n2c(=O)c3cc4c(=O)n(C5CC(C)(C)N([O])C(C)(C)C5)c(=O)c4cc3c2=O)c(C)cc1N1C(=O)c2cccc3c(N4CCN(c5ccc(-c6c7c(cc8c6OC(C)(C)O8)OC(C)(C)O7)cc5)CC4)ccc(c23)C1=O. The molecule has 0 N–H and O–H groups in total. The number of piperidine rings is 1. The van der Waals surface area contributed by atoms with Crippen LogP contribution in [-0.2, 0) is 5.21 Å². The van der Waals surface area contributed by atoms with E-state index in [0.717, 1.165) is 55.5 Å². The van der Waals surface area contributed by atoms with Gasteiger partial charge in [-0.3, -0.25) is 33.3 Å². The molecule has 17 heteroatoms. The van der Waals surface area contributed by atoms with Gasteiger partial charge in [-0.25, -0.2) is 9.47 Å². The number of rotatable bonds is 6. The van der Waals surface area contributed by atoms with Gasteiger partial charge in [-0.2, -0.15) is 0 Å². The van der Waals surface area contributed by atoms with Crippen LogP contribution in [0, 0.1) is 13.8 Å². The molecule has 0 bridgehead atoms. The molecule has 78 heavy (non-hydrogen) atoms. The molecule has 0 atom stereocenters. The molecular formula is C61H57N6O11. The maximum atomic E-state index is 14.7. The van der Waals surface area contributed by atoms with Crippen LogP contribution < -0.4 is 55.9 Å². The molecule has 7 heterocycles. The van der Waals surface area contributed by atoms with Crippen molar-refractivity contribution in [2.24, 2.45) is 0 Å². The number of carbonyl (C=O) groups excluding carboxylic acids is 2. The third kappa shape index (κ3) is 7.19. The third-order valence-corrected chi connectivity index (χ3v) is 16.5. The van der Waals surface area contributed by atoms with E-state index in [2.05, 4.69) is 34.1 Å². The van der Waals surface area contributed by atoms with Crippen LogP contribution in [0.4, 0.5) is 17.1 Å². The van der Waals surface area contributed by atoms with Crippen LogP contribution in [0.1, 0.15) is 106 Å². The largest absolute Gasteiger partial charge is 0.449 e. The lowest BCUT2D eigenvalue weighted by Crippen LogP contribution is -2.59. The van der Waals surface area contributed by atoms with Crippen molar-refractivity contribution < 1.29 is 33.7 Å². The van der Waals surface area contributed by atoms with Gasteiger partial charge in [0.1, 0.15) is 0 Å². The van der Waals surface area contributed by atoms with Crippen LogP contribution in [0.25, 0.3) is 49.1 Å². The molecule has 2 aromatic heterocycles. The molecule has 8 aromatic rings. The van der Waals surface area contributed by atoms with E-state index in [1.807, 2.05) is 52.0 Å². The fourth-order valence-corrected chi connectivity index (χ4v) is 13.1. The Labute approximate surface area is 447 Å². The van der Waals surface area contributed by atoms with Gasteiger partial charge < -0.3 is 28.7 Å². The number of amides is 2. The Balaban J connectivity index is 0.758. The van der Waals surface area contributed by atoms with Gasteiger partial charge in [-0.15, -0.1) is 10.3 Å². The summed E-state index contributed by atoms with van der Waals surface area (Å²) in [5.74, 6) is -0.257. The van der Waals surface area contributed by atoms with Crippen LogP contribution in [0.5, 0.6) is 23.0 Å². The Morgan fingerprint density at radius 3 is 1.56 bits per heavy atom. The fraction of sp³-hybridized carbons (Fsp3) is 0.344. The van der Waals surface area contributed by atoms with Crippen molar-refractivity contribution in [3.8, 4) is 39.8 Å². The van der Waals surface area contributed by atoms with Gasteiger partial charge in [-0.05, 0) is 126 Å². The Kier molecular flexibility index (Phi) is 10.4. The maximum Gasteiger partial charge on any atom is 0.266 e. The molecule has 2 saturated heterocycles. The van der Waals surface area contributed by atoms with Gasteiger partial charge in [0.15, 0.2) is 23.0 Å². The van der Waals surface area contributed by atoms with Crippen molar-refractivity contribution in [3.05, 3.63) is 149 Å². The first-order valence-electron chi connectivity index (χ1n) is 26.4. The number of piperazine rings is 1. The quantitative estimate of drug-likeness (QED) is 0.144. The standard InChI is InChI=1S/C61H57N6O11/c1-31-25-45(66-56(72)41-26-39-40(27-42(41)57(66)73)55(71)64(54(39)70)35-29-58(3,4)67(74)59(5,6)30-35)32(2)24-44(31)65-52(68)37-13-11-12-36-43(19-18-38(49(36)37)53(65)69)63-22-20-62(21-23-63)34-16-14-33(15-17-34)48-50-46(75-60(7,8)77-50)28-47-51(48)78-61(9,10)76-47/h11-19,24-28,35H,20-23,29-30H2,1-10H3. The molecular weight excluding hydrogens is 993 g/mol. The highest BCUT2D eigenvalue weighted by atomic mass is 16.7. The summed E-state index contributed by atoms with van der Waals surface area (Å²) >= 11 is 0. The van der Waals surface area contributed by atoms with E-state index < -0.39 is 62.7 Å². The molecule has 397 valence electrons. The lowest BCUT2D eigenvalue weighted by Gasteiger charge is -2.49. The summed E-state index contributed by atoms with van der Waals surface area (Å²) in [6.45, 7) is 20.8. The third-order valence-electron chi connectivity index (χ3n) is 16.5. The normalized spacial score (nSPS) is 19.3. The van der Waals surface area contributed by atoms with E-state index in [0.29, 0.717) is 69.4 Å². The average Bonchev–Trinajstić information content (AvgIpc) is 4.24. The first-order valence-corrected chi connectivity index (χ1v) is 26.4. The predicted molar refractivity (Wildman–Crippen MR) is 297 cm³/mol. The number of hydroxylamine groups is 2. The van der Waals surface area contributed by atoms with Gasteiger partial charge in [0.25, 0.3) is 34.1 Å². The second kappa shape index (κ2) is 16.4. The lowest BCUT2D eigenvalue weighted by atomic mass is 9.79. The van der Waals surface area contributed by atoms with Gasteiger partial charge in [0, 0.05) is 110 Å². The average molecular weight is 1050 g/mol. The van der Waals surface area contributed by atoms with E-state index in [9.17, 15) is 34.0 Å². The number of hydrogen-bond acceptors (Lipinski definition) is 13. The molecule has 5 aliphatic heterocycles. The van der Waals surface area contributed by atoms with E-state index in [4.69, 9.17) is 18.9 Å². The Hall–Kier alpha value is -8.28. The number of nitrogens with zero attached hydrogens (tertiary/aromatic N) is 6. The van der Waals surface area contributed by atoms with Crippen LogP contribution >= 0.6 is 0 Å². The minimum atomic E-state index is -0.849. The van der Waals surface area contributed by atoms with Crippen LogP contribution in [0.15, 0.2) is 104 Å². The maximum absolute atomic E-state index is 14.7. The zero-order valence-electron chi connectivity index (χ0n) is 45.1. The summed E-state index contributed by atoms with van der Waals surface area (Å²) in [5.41, 5.74) is 1.65. The molecule has 17 nitrogen and oxygen atoms in total. The molecule has 2 amide bonds. The lowest BCUT2D eigenvalue weighted by molar-refractivity contribution is -0.292. The second-order valence-electron chi connectivity index (χ2n) is 23.7. The van der Waals surface area contributed by atoms with Crippen LogP contribution in [-0.4, -0.2) is 74.8 Å². The first-order chi connectivity index (χ1) is 36.8.